The van der Waals surface area contributed by atoms with Crippen LogP contribution in [0.5, 0.6) is 5.75 Å². The number of hydrogen-bond acceptors (Lipinski definition) is 4. The minimum Gasteiger partial charge on any atom is -0.492 e. The number of benzene rings is 1. The van der Waals surface area contributed by atoms with Gasteiger partial charge in [0.05, 0.1) is 24.4 Å². The van der Waals surface area contributed by atoms with Crippen molar-refractivity contribution in [3.63, 3.8) is 0 Å². The molecule has 1 rings (SSSR count). The number of rotatable bonds is 4. The molecular weight excluding hydrogens is 227 g/mol. The van der Waals surface area contributed by atoms with Gasteiger partial charge in [0.25, 0.3) is 0 Å². The number of carboxylic acid groups (broad SMARTS) is 1. The van der Waals surface area contributed by atoms with Gasteiger partial charge in [-0.2, -0.15) is 5.26 Å². The molecule has 0 bridgehead atoms. The van der Waals surface area contributed by atoms with Crippen molar-refractivity contribution in [3.8, 4) is 11.8 Å². The summed E-state index contributed by atoms with van der Waals surface area (Å²) in [4.78, 5) is 11.9. The van der Waals surface area contributed by atoms with E-state index in [2.05, 4.69) is 0 Å². The van der Waals surface area contributed by atoms with E-state index in [4.69, 9.17) is 15.1 Å². The lowest BCUT2D eigenvalue weighted by Crippen LogP contribution is -2.25. The second-order valence-electron chi connectivity index (χ2n) is 3.37. The highest BCUT2D eigenvalue weighted by Crippen LogP contribution is 2.31. The molecule has 90 valence electrons. The van der Waals surface area contributed by atoms with Crippen molar-refractivity contribution in [2.45, 2.75) is 0 Å². The van der Waals surface area contributed by atoms with Crippen LogP contribution in [-0.2, 0) is 4.79 Å². The second kappa shape index (κ2) is 5.16. The van der Waals surface area contributed by atoms with E-state index in [1.54, 1.807) is 6.07 Å². The molecule has 6 heteroatoms. The number of nitriles is 1. The summed E-state index contributed by atoms with van der Waals surface area (Å²) in [5, 5.41) is 17.4. The van der Waals surface area contributed by atoms with Gasteiger partial charge in [0, 0.05) is 7.05 Å². The Morgan fingerprint density at radius 2 is 2.29 bits per heavy atom. The van der Waals surface area contributed by atoms with Crippen molar-refractivity contribution in [1.29, 1.82) is 5.26 Å². The van der Waals surface area contributed by atoms with E-state index in [1.807, 2.05) is 0 Å². The zero-order valence-electron chi connectivity index (χ0n) is 9.40. The summed E-state index contributed by atoms with van der Waals surface area (Å²) in [5.74, 6) is -1.83. The van der Waals surface area contributed by atoms with Crippen LogP contribution in [0.3, 0.4) is 0 Å². The van der Waals surface area contributed by atoms with Gasteiger partial charge in [-0.05, 0) is 12.1 Å². The van der Waals surface area contributed by atoms with Crippen molar-refractivity contribution in [2.75, 3.05) is 25.6 Å². The highest BCUT2D eigenvalue weighted by Gasteiger charge is 2.16. The van der Waals surface area contributed by atoms with Crippen LogP contribution in [0, 0.1) is 17.1 Å². The molecule has 1 aromatic carbocycles. The van der Waals surface area contributed by atoms with Crippen LogP contribution in [0.2, 0.25) is 0 Å². The fourth-order valence-electron chi connectivity index (χ4n) is 1.42. The molecule has 0 fully saturated rings. The van der Waals surface area contributed by atoms with Crippen molar-refractivity contribution in [3.05, 3.63) is 23.5 Å². The number of carboxylic acids is 1. The Labute approximate surface area is 97.6 Å². The van der Waals surface area contributed by atoms with E-state index < -0.39 is 11.8 Å². The molecule has 0 aliphatic heterocycles. The van der Waals surface area contributed by atoms with Crippen molar-refractivity contribution >= 4 is 11.7 Å². The van der Waals surface area contributed by atoms with Gasteiger partial charge in [0.15, 0.2) is 11.6 Å². The number of hydrogen-bond donors (Lipinski definition) is 1. The quantitative estimate of drug-likeness (QED) is 0.853. The summed E-state index contributed by atoms with van der Waals surface area (Å²) >= 11 is 0. The van der Waals surface area contributed by atoms with Gasteiger partial charge in [-0.3, -0.25) is 4.79 Å². The Kier molecular flexibility index (Phi) is 3.88. The summed E-state index contributed by atoms with van der Waals surface area (Å²) < 4.78 is 18.4. The normalized spacial score (nSPS) is 9.53. The third kappa shape index (κ3) is 2.84. The Morgan fingerprint density at radius 1 is 1.65 bits per heavy atom. The zero-order chi connectivity index (χ0) is 13.0. The average Bonchev–Trinajstić information content (AvgIpc) is 2.26. The molecule has 1 N–H and O–H groups in total. The van der Waals surface area contributed by atoms with Crippen LogP contribution in [0.4, 0.5) is 10.1 Å². The number of methoxy groups -OCH3 is 1. The minimum absolute atomic E-state index is 0.0762. The maximum absolute atomic E-state index is 13.5. The second-order valence-corrected chi connectivity index (χ2v) is 3.37. The van der Waals surface area contributed by atoms with Gasteiger partial charge in [-0.1, -0.05) is 0 Å². The smallest absolute Gasteiger partial charge is 0.323 e. The number of nitrogens with zero attached hydrogens (tertiary/aromatic N) is 2. The van der Waals surface area contributed by atoms with Crippen LogP contribution in [0.15, 0.2) is 12.1 Å². The first-order chi connectivity index (χ1) is 7.99. The van der Waals surface area contributed by atoms with Gasteiger partial charge < -0.3 is 14.7 Å². The molecule has 0 aromatic heterocycles. The summed E-state index contributed by atoms with van der Waals surface area (Å²) in [6.45, 7) is -0.315. The molecule has 0 spiro atoms. The molecule has 1 aromatic rings. The van der Waals surface area contributed by atoms with Crippen molar-refractivity contribution in [1.82, 2.24) is 0 Å². The zero-order valence-corrected chi connectivity index (χ0v) is 9.40. The Hall–Kier alpha value is -2.29. The molecule has 0 saturated heterocycles. The Balaban J connectivity index is 3.24. The fourth-order valence-corrected chi connectivity index (χ4v) is 1.42. The van der Waals surface area contributed by atoms with E-state index in [0.29, 0.717) is 0 Å². The van der Waals surface area contributed by atoms with Gasteiger partial charge in [-0.25, -0.2) is 4.39 Å². The Morgan fingerprint density at radius 3 is 2.76 bits per heavy atom. The number of carbonyl (C=O) groups is 1. The fraction of sp³-hybridized carbons (Fsp3) is 0.273. The van der Waals surface area contributed by atoms with E-state index in [1.165, 1.54) is 25.1 Å². The summed E-state index contributed by atoms with van der Waals surface area (Å²) in [7, 11) is 2.76. The molecule has 0 aliphatic rings. The first-order valence-electron chi connectivity index (χ1n) is 4.70. The predicted molar refractivity (Wildman–Crippen MR) is 58.6 cm³/mol. The highest BCUT2D eigenvalue weighted by atomic mass is 19.1. The van der Waals surface area contributed by atoms with Crippen molar-refractivity contribution < 1.29 is 19.0 Å². The molecule has 0 aliphatic carbocycles. The lowest BCUT2D eigenvalue weighted by Gasteiger charge is -2.20. The standard InChI is InChI=1S/C11H11FN2O3/c1-14(6-10(15)16)9-4-7(5-13)3-8(12)11(9)17-2/h3-4H,6H2,1-2H3,(H,15,16). The molecule has 0 unspecified atom stereocenters. The maximum atomic E-state index is 13.5. The van der Waals surface area contributed by atoms with Gasteiger partial charge in [0.1, 0.15) is 6.54 Å². The minimum atomic E-state index is -1.06. The highest BCUT2D eigenvalue weighted by molar-refractivity contribution is 5.75. The average molecular weight is 238 g/mol. The molecule has 0 saturated carbocycles. The van der Waals surface area contributed by atoms with Crippen LogP contribution in [0.1, 0.15) is 5.56 Å². The number of likely N-dealkylation sites (N-methyl/N-ethyl adjacent to an activating group) is 1. The van der Waals surface area contributed by atoms with E-state index >= 15 is 0 Å². The molecule has 5 nitrogen and oxygen atoms in total. The van der Waals surface area contributed by atoms with Crippen molar-refractivity contribution in [2.24, 2.45) is 0 Å². The first kappa shape index (κ1) is 12.8. The molecular formula is C11H11FN2O3. The summed E-state index contributed by atoms with van der Waals surface area (Å²) in [6.07, 6.45) is 0. The molecule has 0 radical (unpaired) electrons. The molecule has 0 amide bonds. The van der Waals surface area contributed by atoms with E-state index in [-0.39, 0.29) is 23.5 Å². The topological polar surface area (TPSA) is 73.6 Å². The third-order valence-electron chi connectivity index (χ3n) is 2.14. The monoisotopic (exact) mass is 238 g/mol. The third-order valence-corrected chi connectivity index (χ3v) is 2.14. The number of aliphatic carboxylic acids is 1. The van der Waals surface area contributed by atoms with Crippen LogP contribution in [0.25, 0.3) is 0 Å². The van der Waals surface area contributed by atoms with Crippen LogP contribution in [-0.4, -0.2) is 31.8 Å². The largest absolute Gasteiger partial charge is 0.492 e. The molecule has 17 heavy (non-hydrogen) atoms. The lowest BCUT2D eigenvalue weighted by molar-refractivity contribution is -0.135. The predicted octanol–water partition coefficient (Wildman–Crippen LogP) is 1.23. The molecule has 0 atom stereocenters. The summed E-state index contributed by atoms with van der Waals surface area (Å²) in [6, 6.07) is 4.22. The Bertz CT molecular complexity index is 482. The summed E-state index contributed by atoms with van der Waals surface area (Å²) in [5.41, 5.74) is 0.335. The molecule has 0 heterocycles. The SMILES string of the molecule is COc1c(F)cc(C#N)cc1N(C)CC(=O)O. The van der Waals surface area contributed by atoms with E-state index in [0.717, 1.165) is 6.07 Å². The number of halogens is 1. The maximum Gasteiger partial charge on any atom is 0.323 e. The van der Waals surface area contributed by atoms with Gasteiger partial charge in [0.2, 0.25) is 0 Å². The number of anilines is 1. The van der Waals surface area contributed by atoms with E-state index in [9.17, 15) is 9.18 Å². The van der Waals surface area contributed by atoms with Crippen LogP contribution < -0.4 is 9.64 Å². The van der Waals surface area contributed by atoms with Crippen LogP contribution >= 0.6 is 0 Å². The lowest BCUT2D eigenvalue weighted by atomic mass is 10.1. The van der Waals surface area contributed by atoms with Gasteiger partial charge >= 0.3 is 5.97 Å². The number of ether oxygens (including phenoxy) is 1. The van der Waals surface area contributed by atoms with Gasteiger partial charge in [-0.15, -0.1) is 0 Å². The first-order valence-corrected chi connectivity index (χ1v) is 4.70.